The highest BCUT2D eigenvalue weighted by Crippen LogP contribution is 2.57. The van der Waals surface area contributed by atoms with Crippen molar-refractivity contribution >= 4 is 67.1 Å². The Balaban J connectivity index is 1.41. The standard InChI is InChI=1S/C31H14Cl2F6N2O10S2/c32-17-3-7-19(8-4-17)52(46,47)50-40-25(42)21-11-1-15(13-23(21)27(40)44)29(30(34,35)36,31(37,38)39)16-2-12-22-24(14-16)28(45)41(26(22)43)51-53(48,49)20-9-5-18(33)6-10-20/h1-14H. The predicted octanol–water partition coefficient (Wildman–Crippen LogP) is 6.24. The lowest BCUT2D eigenvalue weighted by Gasteiger charge is -2.38. The number of rotatable bonds is 8. The van der Waals surface area contributed by atoms with E-state index in [1.165, 1.54) is 0 Å². The van der Waals surface area contributed by atoms with Gasteiger partial charge in [-0.15, -0.1) is 18.7 Å². The lowest BCUT2D eigenvalue weighted by Crippen LogP contribution is -2.55. The monoisotopic (exact) mass is 822 g/mol. The number of amides is 4. The molecule has 0 saturated carbocycles. The number of carbonyl (C=O) groups is 4. The number of hydrogen-bond acceptors (Lipinski definition) is 10. The Labute approximate surface area is 303 Å². The van der Waals surface area contributed by atoms with Crippen LogP contribution in [0.1, 0.15) is 52.6 Å². The topological polar surface area (TPSA) is 161 Å². The molecule has 22 heteroatoms. The van der Waals surface area contributed by atoms with E-state index in [4.69, 9.17) is 23.2 Å². The van der Waals surface area contributed by atoms with Gasteiger partial charge in [0.15, 0.2) is 0 Å². The van der Waals surface area contributed by atoms with Crippen LogP contribution in [0.25, 0.3) is 0 Å². The van der Waals surface area contributed by atoms with Crippen molar-refractivity contribution < 1.29 is 70.9 Å². The first kappa shape index (κ1) is 37.9. The third-order valence-corrected chi connectivity index (χ3v) is 10.9. The zero-order valence-electron chi connectivity index (χ0n) is 25.4. The number of nitrogens with zero attached hydrogens (tertiary/aromatic N) is 2. The van der Waals surface area contributed by atoms with Gasteiger partial charge in [-0.2, -0.15) is 43.2 Å². The third-order valence-electron chi connectivity index (χ3n) is 7.96. The van der Waals surface area contributed by atoms with Gasteiger partial charge in [-0.1, -0.05) is 35.3 Å². The Morgan fingerprint density at radius 3 is 1.08 bits per heavy atom. The zero-order valence-corrected chi connectivity index (χ0v) is 28.5. The molecule has 4 amide bonds. The fourth-order valence-electron chi connectivity index (χ4n) is 5.51. The maximum absolute atomic E-state index is 15.1. The normalized spacial score (nSPS) is 15.3. The number of halogens is 8. The Bertz CT molecular complexity index is 2300. The van der Waals surface area contributed by atoms with Crippen LogP contribution in [0.5, 0.6) is 0 Å². The second-order valence-corrected chi connectivity index (χ2v) is 15.0. The number of alkyl halides is 6. The van der Waals surface area contributed by atoms with Gasteiger partial charge in [-0.25, -0.2) is 0 Å². The van der Waals surface area contributed by atoms with Crippen LogP contribution < -0.4 is 0 Å². The number of imide groups is 2. The Morgan fingerprint density at radius 2 is 0.774 bits per heavy atom. The molecule has 12 nitrogen and oxygen atoms in total. The molecule has 4 aromatic rings. The van der Waals surface area contributed by atoms with E-state index in [1.54, 1.807) is 0 Å². The van der Waals surface area contributed by atoms with Crippen LogP contribution in [0.3, 0.4) is 0 Å². The number of carbonyl (C=O) groups excluding carboxylic acids is 4. The van der Waals surface area contributed by atoms with Crippen LogP contribution in [0.15, 0.2) is 94.7 Å². The van der Waals surface area contributed by atoms with Crippen molar-refractivity contribution in [3.63, 3.8) is 0 Å². The highest BCUT2D eigenvalue weighted by Gasteiger charge is 2.73. The lowest BCUT2D eigenvalue weighted by molar-refractivity contribution is -0.288. The molecule has 0 saturated heterocycles. The van der Waals surface area contributed by atoms with E-state index in [0.29, 0.717) is 12.1 Å². The minimum absolute atomic E-state index is 0.0587. The van der Waals surface area contributed by atoms with Gasteiger partial charge < -0.3 is 0 Å². The van der Waals surface area contributed by atoms with E-state index in [2.05, 4.69) is 8.57 Å². The quantitative estimate of drug-likeness (QED) is 0.147. The van der Waals surface area contributed by atoms with Crippen LogP contribution in [-0.2, 0) is 34.2 Å². The Hall–Kier alpha value is -4.86. The molecule has 0 bridgehead atoms. The minimum Gasteiger partial charge on any atom is -0.266 e. The molecule has 2 heterocycles. The second kappa shape index (κ2) is 12.6. The van der Waals surface area contributed by atoms with Crippen molar-refractivity contribution in [3.8, 4) is 0 Å². The lowest BCUT2D eigenvalue weighted by atomic mass is 9.71. The van der Waals surface area contributed by atoms with E-state index in [0.717, 1.165) is 48.5 Å². The summed E-state index contributed by atoms with van der Waals surface area (Å²) in [4.78, 5) is 51.0. The first-order valence-electron chi connectivity index (χ1n) is 14.1. The molecule has 0 N–H and O–H groups in total. The average molecular weight is 823 g/mol. The zero-order chi connectivity index (χ0) is 39.1. The summed E-state index contributed by atoms with van der Waals surface area (Å²) in [5, 5.41) is -0.564. The molecule has 6 rings (SSSR count). The van der Waals surface area contributed by atoms with Crippen molar-refractivity contribution in [2.45, 2.75) is 27.6 Å². The molecule has 0 fully saturated rings. The molecule has 2 aliphatic heterocycles. The van der Waals surface area contributed by atoms with Gasteiger partial charge >= 0.3 is 32.6 Å². The summed E-state index contributed by atoms with van der Waals surface area (Å²) in [6, 6.07) is 9.48. The molecule has 53 heavy (non-hydrogen) atoms. The van der Waals surface area contributed by atoms with Crippen molar-refractivity contribution in [3.05, 3.63) is 128 Å². The number of hydrogen-bond donors (Lipinski definition) is 0. The van der Waals surface area contributed by atoms with Gasteiger partial charge in [0, 0.05) is 10.0 Å². The first-order valence-corrected chi connectivity index (χ1v) is 17.7. The van der Waals surface area contributed by atoms with Crippen molar-refractivity contribution in [1.82, 2.24) is 10.1 Å². The molecule has 276 valence electrons. The number of fused-ring (bicyclic) bond motifs is 2. The molecular weight excluding hydrogens is 809 g/mol. The van der Waals surface area contributed by atoms with Crippen molar-refractivity contribution in [1.29, 1.82) is 0 Å². The van der Waals surface area contributed by atoms with Crippen LogP contribution in [0, 0.1) is 0 Å². The van der Waals surface area contributed by atoms with Crippen LogP contribution in [0.4, 0.5) is 26.3 Å². The van der Waals surface area contributed by atoms with Crippen molar-refractivity contribution in [2.75, 3.05) is 0 Å². The molecule has 0 unspecified atom stereocenters. The summed E-state index contributed by atoms with van der Waals surface area (Å²) < 4.78 is 150. The van der Waals surface area contributed by atoms with Gasteiger partial charge in [0.2, 0.25) is 5.41 Å². The van der Waals surface area contributed by atoms with Gasteiger partial charge in [0.25, 0.3) is 23.6 Å². The van der Waals surface area contributed by atoms with Crippen molar-refractivity contribution in [2.24, 2.45) is 0 Å². The minimum atomic E-state index is -6.34. The van der Waals surface area contributed by atoms with Gasteiger partial charge in [-0.05, 0) is 83.9 Å². The fourth-order valence-corrected chi connectivity index (χ4v) is 7.53. The summed E-state index contributed by atoms with van der Waals surface area (Å²) in [6.07, 6.45) is -12.7. The average Bonchev–Trinajstić information content (AvgIpc) is 3.43. The van der Waals surface area contributed by atoms with Crippen LogP contribution in [-0.4, -0.2) is 62.9 Å². The second-order valence-electron chi connectivity index (χ2n) is 11.0. The third kappa shape index (κ3) is 6.13. The molecule has 2 aliphatic rings. The molecule has 0 radical (unpaired) electrons. The van der Waals surface area contributed by atoms with E-state index < -0.39 is 105 Å². The van der Waals surface area contributed by atoms with Crippen LogP contribution in [0.2, 0.25) is 10.0 Å². The number of hydroxylamine groups is 4. The maximum Gasteiger partial charge on any atom is 0.411 e. The molecular formula is C31H14Cl2F6N2O10S2. The summed E-state index contributed by atoms with van der Waals surface area (Å²) in [5.41, 5.74) is -12.4. The largest absolute Gasteiger partial charge is 0.411 e. The molecule has 0 spiro atoms. The van der Waals surface area contributed by atoms with E-state index in [9.17, 15) is 36.0 Å². The van der Waals surface area contributed by atoms with E-state index in [-0.39, 0.29) is 44.4 Å². The fraction of sp³-hybridized carbons (Fsp3) is 0.0968. The van der Waals surface area contributed by atoms with E-state index in [1.807, 2.05) is 0 Å². The molecule has 0 aromatic heterocycles. The molecule has 0 atom stereocenters. The van der Waals surface area contributed by atoms with Gasteiger partial charge in [-0.3, -0.25) is 19.2 Å². The molecule has 0 aliphatic carbocycles. The summed E-state index contributed by atoms with van der Waals surface area (Å²) in [7, 11) is -9.94. The summed E-state index contributed by atoms with van der Waals surface area (Å²) >= 11 is 11.4. The maximum atomic E-state index is 15.1. The Morgan fingerprint density at radius 1 is 0.472 bits per heavy atom. The number of benzene rings is 4. The first-order chi connectivity index (χ1) is 24.5. The summed E-state index contributed by atoms with van der Waals surface area (Å²) in [6.45, 7) is 0. The predicted molar refractivity (Wildman–Crippen MR) is 166 cm³/mol. The van der Waals surface area contributed by atoms with Gasteiger partial charge in [0.1, 0.15) is 0 Å². The molecule has 4 aromatic carbocycles. The smallest absolute Gasteiger partial charge is 0.266 e. The van der Waals surface area contributed by atoms with E-state index >= 15 is 26.3 Å². The highest BCUT2D eigenvalue weighted by atomic mass is 35.5. The summed E-state index contributed by atoms with van der Waals surface area (Å²) in [5.74, 6) is -6.58. The van der Waals surface area contributed by atoms with Gasteiger partial charge in [0.05, 0.1) is 32.0 Å². The SMILES string of the molecule is O=C1c2ccc(C(c3ccc4c(c3)C(=O)N(OS(=O)(=O)c3ccc(Cl)cc3)C4=O)(C(F)(F)F)C(F)(F)F)cc2C(=O)N1OS(=O)(=O)c1ccc(Cl)cc1. The highest BCUT2D eigenvalue weighted by molar-refractivity contribution is 7.87. The Kier molecular flexibility index (Phi) is 9.03. The van der Waals surface area contributed by atoms with Crippen LogP contribution >= 0.6 is 23.2 Å².